The maximum Gasteiger partial charge on any atom is 0.185 e. The molecule has 0 atom stereocenters. The normalized spacial score (nSPS) is 10.7. The summed E-state index contributed by atoms with van der Waals surface area (Å²) in [5, 5.41) is 12.2. The summed E-state index contributed by atoms with van der Waals surface area (Å²) >= 11 is 3.30. The molecule has 100 valence electrons. The van der Waals surface area contributed by atoms with Gasteiger partial charge in [0.05, 0.1) is 0 Å². The highest BCUT2D eigenvalue weighted by molar-refractivity contribution is 9.10. The summed E-state index contributed by atoms with van der Waals surface area (Å²) in [6, 6.07) is 11.1. The quantitative estimate of drug-likeness (QED) is 0.511. The largest absolute Gasteiger partial charge is 0.508 e. The first-order valence-electron chi connectivity index (χ1n) is 5.75. The van der Waals surface area contributed by atoms with Gasteiger partial charge in [-0.3, -0.25) is 4.79 Å². The number of aromatic hydroxyl groups is 1. The van der Waals surface area contributed by atoms with Crippen molar-refractivity contribution in [2.24, 2.45) is 5.18 Å². The van der Waals surface area contributed by atoms with Crippen molar-refractivity contribution in [3.8, 4) is 5.75 Å². The van der Waals surface area contributed by atoms with Crippen molar-refractivity contribution in [2.75, 3.05) is 0 Å². The molecule has 0 amide bonds. The van der Waals surface area contributed by atoms with Gasteiger partial charge in [0.25, 0.3) is 0 Å². The van der Waals surface area contributed by atoms with Crippen LogP contribution in [0.1, 0.15) is 15.9 Å². The van der Waals surface area contributed by atoms with Gasteiger partial charge in [-0.25, -0.2) is 0 Å². The summed E-state index contributed by atoms with van der Waals surface area (Å²) in [4.78, 5) is 22.7. The van der Waals surface area contributed by atoms with Crippen molar-refractivity contribution in [3.05, 3.63) is 69.0 Å². The van der Waals surface area contributed by atoms with Crippen molar-refractivity contribution in [3.63, 3.8) is 0 Å². The molecule has 0 fully saturated rings. The lowest BCUT2D eigenvalue weighted by Gasteiger charge is -2.01. The molecule has 0 saturated carbocycles. The Morgan fingerprint density at radius 3 is 2.65 bits per heavy atom. The van der Waals surface area contributed by atoms with Crippen LogP contribution in [-0.2, 0) is 0 Å². The van der Waals surface area contributed by atoms with Gasteiger partial charge in [0.2, 0.25) is 0 Å². The Labute approximate surface area is 123 Å². The van der Waals surface area contributed by atoms with Crippen LogP contribution in [0.15, 0.2) is 58.2 Å². The Balaban J connectivity index is 2.30. The Hall–Kier alpha value is -2.27. The van der Waals surface area contributed by atoms with Gasteiger partial charge in [0.1, 0.15) is 11.4 Å². The molecular weight excluding hydrogens is 322 g/mol. The van der Waals surface area contributed by atoms with Gasteiger partial charge in [-0.15, -0.1) is 4.91 Å². The van der Waals surface area contributed by atoms with E-state index in [1.165, 1.54) is 24.3 Å². The Kier molecular flexibility index (Phi) is 4.42. The first-order valence-corrected chi connectivity index (χ1v) is 6.54. The van der Waals surface area contributed by atoms with Crippen LogP contribution < -0.4 is 0 Å². The molecule has 2 aromatic carbocycles. The lowest BCUT2D eigenvalue weighted by molar-refractivity contribution is 0.104. The Bertz CT molecular complexity index is 695. The number of hydrogen-bond acceptors (Lipinski definition) is 4. The number of ketones is 1. The fraction of sp³-hybridized carbons (Fsp3) is 0. The van der Waals surface area contributed by atoms with Gasteiger partial charge in [0.15, 0.2) is 5.78 Å². The number of rotatable bonds is 4. The molecule has 0 bridgehead atoms. The van der Waals surface area contributed by atoms with Crippen LogP contribution in [0.4, 0.5) is 5.69 Å². The number of halogens is 1. The lowest BCUT2D eigenvalue weighted by atomic mass is 10.1. The summed E-state index contributed by atoms with van der Waals surface area (Å²) in [5.74, 6) is -0.242. The third-order valence-electron chi connectivity index (χ3n) is 2.66. The number of hydrogen-bond donors (Lipinski definition) is 1. The highest BCUT2D eigenvalue weighted by atomic mass is 79.9. The fourth-order valence-electron chi connectivity index (χ4n) is 1.68. The predicted molar refractivity (Wildman–Crippen MR) is 81.1 cm³/mol. The van der Waals surface area contributed by atoms with Crippen molar-refractivity contribution in [2.45, 2.75) is 0 Å². The van der Waals surface area contributed by atoms with Gasteiger partial charge in [0, 0.05) is 15.6 Å². The minimum absolute atomic E-state index is 0.0281. The Morgan fingerprint density at radius 1 is 1.20 bits per heavy atom. The zero-order valence-electron chi connectivity index (χ0n) is 10.3. The molecule has 2 rings (SSSR count). The summed E-state index contributed by atoms with van der Waals surface area (Å²) in [5.41, 5.74) is 1.16. The second-order valence-electron chi connectivity index (χ2n) is 4.01. The molecule has 5 heteroatoms. The van der Waals surface area contributed by atoms with Crippen molar-refractivity contribution in [1.82, 2.24) is 0 Å². The number of carbonyl (C=O) groups excluding carboxylic acids is 1. The number of phenolic OH excluding ortho intramolecular Hbond substituents is 1. The van der Waals surface area contributed by atoms with E-state index in [9.17, 15) is 14.8 Å². The average molecular weight is 332 g/mol. The topological polar surface area (TPSA) is 66.7 Å². The maximum absolute atomic E-state index is 12.0. The van der Waals surface area contributed by atoms with Crippen LogP contribution in [0.25, 0.3) is 6.08 Å². The molecule has 2 aromatic rings. The minimum atomic E-state index is -0.270. The summed E-state index contributed by atoms with van der Waals surface area (Å²) < 4.78 is 0.676. The second kappa shape index (κ2) is 6.25. The van der Waals surface area contributed by atoms with E-state index in [-0.39, 0.29) is 17.2 Å². The first kappa shape index (κ1) is 14.1. The van der Waals surface area contributed by atoms with Crippen LogP contribution >= 0.6 is 15.9 Å². The molecule has 0 saturated heterocycles. The van der Waals surface area contributed by atoms with E-state index in [0.29, 0.717) is 15.6 Å². The molecule has 0 aliphatic rings. The van der Waals surface area contributed by atoms with Crippen LogP contribution in [0.5, 0.6) is 5.75 Å². The van der Waals surface area contributed by atoms with Crippen molar-refractivity contribution in [1.29, 1.82) is 0 Å². The van der Waals surface area contributed by atoms with Crippen LogP contribution in [0.3, 0.4) is 0 Å². The zero-order valence-corrected chi connectivity index (χ0v) is 11.9. The van der Waals surface area contributed by atoms with E-state index in [1.54, 1.807) is 30.3 Å². The fourth-order valence-corrected chi connectivity index (χ4v) is 2.17. The van der Waals surface area contributed by atoms with E-state index in [0.717, 1.165) is 0 Å². The highest BCUT2D eigenvalue weighted by Gasteiger charge is 2.06. The number of phenols is 1. The monoisotopic (exact) mass is 331 g/mol. The highest BCUT2D eigenvalue weighted by Crippen LogP contribution is 2.28. The molecule has 0 radical (unpaired) electrons. The van der Waals surface area contributed by atoms with Crippen LogP contribution in [0.2, 0.25) is 0 Å². The molecule has 20 heavy (non-hydrogen) atoms. The first-order chi connectivity index (χ1) is 9.61. The van der Waals surface area contributed by atoms with Crippen LogP contribution in [-0.4, -0.2) is 10.9 Å². The maximum atomic E-state index is 12.0. The summed E-state index contributed by atoms with van der Waals surface area (Å²) in [6.45, 7) is 0. The van der Waals surface area contributed by atoms with Gasteiger partial charge < -0.3 is 5.11 Å². The average Bonchev–Trinajstić information content (AvgIpc) is 2.45. The number of allylic oxidation sites excluding steroid dienone is 1. The van der Waals surface area contributed by atoms with E-state index in [4.69, 9.17) is 0 Å². The smallest absolute Gasteiger partial charge is 0.185 e. The van der Waals surface area contributed by atoms with Crippen LogP contribution in [0, 0.1) is 4.91 Å². The predicted octanol–water partition coefficient (Wildman–Crippen LogP) is 4.45. The summed E-state index contributed by atoms with van der Waals surface area (Å²) in [7, 11) is 0. The Morgan fingerprint density at radius 2 is 1.95 bits per heavy atom. The third-order valence-corrected chi connectivity index (χ3v) is 3.35. The number of nitroso groups, excluding NO2 is 1. The van der Waals surface area contributed by atoms with Gasteiger partial charge in [-0.05, 0) is 41.6 Å². The molecule has 0 aromatic heterocycles. The van der Waals surface area contributed by atoms with E-state index < -0.39 is 0 Å². The molecule has 4 nitrogen and oxygen atoms in total. The molecule has 0 heterocycles. The molecule has 0 aliphatic heterocycles. The van der Waals surface area contributed by atoms with Gasteiger partial charge >= 0.3 is 0 Å². The summed E-state index contributed by atoms with van der Waals surface area (Å²) in [6.07, 6.45) is 2.86. The van der Waals surface area contributed by atoms with Gasteiger partial charge in [-0.1, -0.05) is 34.1 Å². The van der Waals surface area contributed by atoms with Crippen molar-refractivity contribution >= 4 is 33.5 Å². The third kappa shape index (κ3) is 3.19. The second-order valence-corrected chi connectivity index (χ2v) is 4.87. The molecule has 0 unspecified atom stereocenters. The lowest BCUT2D eigenvalue weighted by Crippen LogP contribution is -1.93. The standard InChI is InChI=1S/C15H10BrNO3/c16-13-5-2-6-14(17-20)12(13)7-8-15(19)10-3-1-4-11(18)9-10/h1-9,18H/b8-7+. The molecular formula is C15H10BrNO3. The van der Waals surface area contributed by atoms with E-state index >= 15 is 0 Å². The zero-order chi connectivity index (χ0) is 14.5. The SMILES string of the molecule is O=Nc1cccc(Br)c1/C=C/C(=O)c1cccc(O)c1. The number of benzene rings is 2. The van der Waals surface area contributed by atoms with E-state index in [1.807, 2.05) is 0 Å². The number of nitrogens with zero attached hydrogens (tertiary/aromatic N) is 1. The molecule has 0 aliphatic carbocycles. The molecule has 0 spiro atoms. The minimum Gasteiger partial charge on any atom is -0.508 e. The van der Waals surface area contributed by atoms with Crippen molar-refractivity contribution < 1.29 is 9.90 Å². The number of carbonyl (C=O) groups is 1. The molecule has 1 N–H and O–H groups in total. The van der Waals surface area contributed by atoms with E-state index in [2.05, 4.69) is 21.1 Å². The van der Waals surface area contributed by atoms with Gasteiger partial charge in [-0.2, -0.15) is 0 Å².